The Morgan fingerprint density at radius 2 is 2.00 bits per heavy atom. The fraction of sp³-hybridized carbons (Fsp3) is 0.556. The van der Waals surface area contributed by atoms with Crippen molar-refractivity contribution in [2.24, 2.45) is 0 Å². The molecule has 0 spiro atoms. The molecule has 1 aliphatic heterocycles. The molecule has 0 aromatic carbocycles. The maximum atomic E-state index is 4.51. The average Bonchev–Trinajstić information content (AvgIpc) is 3.18. The monoisotopic (exact) mass is 313 g/mol. The zero-order valence-corrected chi connectivity index (χ0v) is 14.4. The van der Waals surface area contributed by atoms with E-state index in [0.29, 0.717) is 0 Å². The van der Waals surface area contributed by atoms with Crippen molar-refractivity contribution in [3.63, 3.8) is 0 Å². The van der Waals surface area contributed by atoms with Crippen LogP contribution in [0.1, 0.15) is 50.4 Å². The number of hydrogen-bond donors (Lipinski definition) is 2. The van der Waals surface area contributed by atoms with Crippen LogP contribution >= 0.6 is 0 Å². The number of nitrogens with zero attached hydrogens (tertiary/aromatic N) is 3. The van der Waals surface area contributed by atoms with E-state index in [2.05, 4.69) is 58.3 Å². The molecule has 5 heteroatoms. The van der Waals surface area contributed by atoms with Gasteiger partial charge in [-0.05, 0) is 30.5 Å². The molecular formula is C18H27N5. The van der Waals surface area contributed by atoms with Crippen LogP contribution in [0.15, 0.2) is 24.5 Å². The lowest BCUT2D eigenvalue weighted by atomic mass is 9.89. The van der Waals surface area contributed by atoms with E-state index < -0.39 is 0 Å². The van der Waals surface area contributed by atoms with E-state index in [1.807, 2.05) is 12.4 Å². The predicted molar refractivity (Wildman–Crippen MR) is 93.5 cm³/mol. The molecule has 2 N–H and O–H groups in total. The Hall–Kier alpha value is -1.88. The summed E-state index contributed by atoms with van der Waals surface area (Å²) in [5.74, 6) is 1.11. The highest BCUT2D eigenvalue weighted by Crippen LogP contribution is 2.23. The van der Waals surface area contributed by atoms with E-state index in [4.69, 9.17) is 0 Å². The van der Waals surface area contributed by atoms with Gasteiger partial charge in [-0.15, -0.1) is 0 Å². The van der Waals surface area contributed by atoms with Gasteiger partial charge in [-0.1, -0.05) is 20.8 Å². The summed E-state index contributed by atoms with van der Waals surface area (Å²) in [5, 5.41) is 10.9. The van der Waals surface area contributed by atoms with Crippen molar-refractivity contribution >= 4 is 5.82 Å². The van der Waals surface area contributed by atoms with E-state index in [9.17, 15) is 0 Å². The normalized spacial score (nSPS) is 15.3. The summed E-state index contributed by atoms with van der Waals surface area (Å²) < 4.78 is 0. The molecule has 0 amide bonds. The predicted octanol–water partition coefficient (Wildman–Crippen LogP) is 2.99. The first-order chi connectivity index (χ1) is 11.0. The molecular weight excluding hydrogens is 286 g/mol. The van der Waals surface area contributed by atoms with Gasteiger partial charge in [0.2, 0.25) is 0 Å². The van der Waals surface area contributed by atoms with Gasteiger partial charge in [0, 0.05) is 49.0 Å². The third kappa shape index (κ3) is 3.91. The fourth-order valence-corrected chi connectivity index (χ4v) is 3.13. The van der Waals surface area contributed by atoms with E-state index in [1.165, 1.54) is 29.7 Å². The molecule has 0 aliphatic carbocycles. The average molecular weight is 313 g/mol. The molecule has 1 aliphatic rings. The van der Waals surface area contributed by atoms with Gasteiger partial charge in [0.25, 0.3) is 0 Å². The smallest absolute Gasteiger partial charge is 0.128 e. The summed E-state index contributed by atoms with van der Waals surface area (Å²) in [5.41, 5.74) is 3.82. The summed E-state index contributed by atoms with van der Waals surface area (Å²) in [7, 11) is 0. The molecule has 0 atom stereocenters. The Labute approximate surface area is 138 Å². The van der Waals surface area contributed by atoms with Gasteiger partial charge in [0.05, 0.1) is 6.20 Å². The van der Waals surface area contributed by atoms with E-state index in [-0.39, 0.29) is 5.41 Å². The van der Waals surface area contributed by atoms with E-state index >= 15 is 0 Å². The van der Waals surface area contributed by atoms with Crippen LogP contribution < -0.4 is 10.2 Å². The van der Waals surface area contributed by atoms with Crippen LogP contribution in [-0.4, -0.2) is 28.3 Å². The largest absolute Gasteiger partial charge is 0.357 e. The third-order valence-electron chi connectivity index (χ3n) is 4.35. The number of aromatic nitrogens is 3. The van der Waals surface area contributed by atoms with Crippen LogP contribution in [-0.2, 0) is 18.5 Å². The number of H-pyrrole nitrogens is 1. The molecule has 0 radical (unpaired) electrons. The third-order valence-corrected chi connectivity index (χ3v) is 4.35. The Morgan fingerprint density at radius 1 is 1.22 bits per heavy atom. The minimum absolute atomic E-state index is 0.0904. The molecule has 23 heavy (non-hydrogen) atoms. The van der Waals surface area contributed by atoms with Crippen LogP contribution in [0, 0.1) is 0 Å². The Morgan fingerprint density at radius 3 is 2.74 bits per heavy atom. The number of nitrogens with one attached hydrogen (secondary N) is 2. The van der Waals surface area contributed by atoms with Gasteiger partial charge in [-0.3, -0.25) is 5.10 Å². The lowest BCUT2D eigenvalue weighted by molar-refractivity contribution is 0.553. The quantitative estimate of drug-likeness (QED) is 0.891. The summed E-state index contributed by atoms with van der Waals surface area (Å²) >= 11 is 0. The van der Waals surface area contributed by atoms with Gasteiger partial charge in [-0.2, -0.15) is 5.10 Å². The van der Waals surface area contributed by atoms with Gasteiger partial charge < -0.3 is 10.2 Å². The summed E-state index contributed by atoms with van der Waals surface area (Å²) in [6.45, 7) is 10.5. The second kappa shape index (κ2) is 6.71. The van der Waals surface area contributed by atoms with Crippen molar-refractivity contribution in [3.8, 4) is 0 Å². The van der Waals surface area contributed by atoms with Gasteiger partial charge in [0.1, 0.15) is 5.82 Å². The van der Waals surface area contributed by atoms with Crippen LogP contribution in [0.25, 0.3) is 0 Å². The number of hydrogen-bond acceptors (Lipinski definition) is 4. The topological polar surface area (TPSA) is 56.8 Å². The number of pyridine rings is 1. The number of rotatable bonds is 5. The summed E-state index contributed by atoms with van der Waals surface area (Å²) in [6.07, 6.45) is 6.40. The molecule has 2 aromatic heterocycles. The van der Waals surface area contributed by atoms with Crippen LogP contribution in [0.4, 0.5) is 5.82 Å². The molecule has 0 bridgehead atoms. The molecule has 1 fully saturated rings. The lowest BCUT2D eigenvalue weighted by Crippen LogP contribution is -2.20. The van der Waals surface area contributed by atoms with Crippen LogP contribution in [0.5, 0.6) is 0 Å². The highest BCUT2D eigenvalue weighted by molar-refractivity contribution is 5.41. The molecule has 124 valence electrons. The van der Waals surface area contributed by atoms with Crippen LogP contribution in [0.2, 0.25) is 0 Å². The Bertz CT molecular complexity index is 635. The molecule has 2 aromatic rings. The molecule has 0 saturated carbocycles. The van der Waals surface area contributed by atoms with Gasteiger partial charge in [-0.25, -0.2) is 4.98 Å². The number of aromatic amines is 1. The first-order valence-corrected chi connectivity index (χ1v) is 8.47. The van der Waals surface area contributed by atoms with Gasteiger partial charge >= 0.3 is 0 Å². The molecule has 5 nitrogen and oxygen atoms in total. The molecule has 3 heterocycles. The van der Waals surface area contributed by atoms with E-state index in [1.54, 1.807) is 0 Å². The maximum Gasteiger partial charge on any atom is 0.128 e. The van der Waals surface area contributed by atoms with Gasteiger partial charge in [0.15, 0.2) is 0 Å². The summed E-state index contributed by atoms with van der Waals surface area (Å²) in [4.78, 5) is 6.88. The lowest BCUT2D eigenvalue weighted by Gasteiger charge is -2.19. The highest BCUT2D eigenvalue weighted by atomic mass is 15.2. The molecule has 1 saturated heterocycles. The zero-order valence-electron chi connectivity index (χ0n) is 14.4. The van der Waals surface area contributed by atoms with Crippen molar-refractivity contribution in [2.45, 2.75) is 52.1 Å². The first-order valence-electron chi connectivity index (χ1n) is 8.47. The second-order valence-electron chi connectivity index (χ2n) is 7.34. The first kappa shape index (κ1) is 16.0. The van der Waals surface area contributed by atoms with Crippen molar-refractivity contribution < 1.29 is 0 Å². The highest BCUT2D eigenvalue weighted by Gasteiger charge is 2.19. The SMILES string of the molecule is CC(C)(C)c1[nH]ncc1CNCc1ccnc(N2CCCC2)c1. The maximum absolute atomic E-state index is 4.51. The van der Waals surface area contributed by atoms with Crippen LogP contribution in [0.3, 0.4) is 0 Å². The van der Waals surface area contributed by atoms with E-state index in [0.717, 1.165) is 32.0 Å². The summed E-state index contributed by atoms with van der Waals surface area (Å²) in [6, 6.07) is 4.30. The van der Waals surface area contributed by atoms with Crippen molar-refractivity contribution in [2.75, 3.05) is 18.0 Å². The minimum atomic E-state index is 0.0904. The second-order valence-corrected chi connectivity index (χ2v) is 7.34. The zero-order chi connectivity index (χ0) is 16.3. The minimum Gasteiger partial charge on any atom is -0.357 e. The Balaban J connectivity index is 1.59. The molecule has 0 unspecified atom stereocenters. The fourth-order valence-electron chi connectivity index (χ4n) is 3.13. The standard InChI is InChI=1S/C18H27N5/c1-18(2,3)17-15(13-21-22-17)12-19-11-14-6-7-20-16(10-14)23-8-4-5-9-23/h6-7,10,13,19H,4-5,8-9,11-12H2,1-3H3,(H,21,22). The molecule has 3 rings (SSSR count). The number of anilines is 1. The van der Waals surface area contributed by atoms with Crippen molar-refractivity contribution in [1.82, 2.24) is 20.5 Å². The van der Waals surface area contributed by atoms with Crippen molar-refractivity contribution in [3.05, 3.63) is 41.3 Å². The Kier molecular flexibility index (Phi) is 4.66. The van der Waals surface area contributed by atoms with Crippen molar-refractivity contribution in [1.29, 1.82) is 0 Å².